The van der Waals surface area contributed by atoms with Gasteiger partial charge in [0.2, 0.25) is 11.5 Å². The molecule has 4 heteroatoms. The third-order valence-corrected chi connectivity index (χ3v) is 12.1. The first-order valence-corrected chi connectivity index (χ1v) is 24.2. The van der Waals surface area contributed by atoms with E-state index in [0.717, 1.165) is 96.3 Å². The van der Waals surface area contributed by atoms with Crippen molar-refractivity contribution < 1.29 is 19.7 Å². The average molecular weight is 865 g/mol. The second-order valence-corrected chi connectivity index (χ2v) is 18.7. The number of hydrogen-bond acceptors (Lipinski definition) is 4. The number of phenols is 2. The molecule has 0 radical (unpaired) electrons. The third kappa shape index (κ3) is 26.3. The molecule has 4 nitrogen and oxygen atoms in total. The summed E-state index contributed by atoms with van der Waals surface area (Å²) in [5, 5.41) is 21.3. The molecule has 1 aromatic rings. The maximum absolute atomic E-state index is 10.7. The molecule has 0 atom stereocenters. The molecule has 0 unspecified atom stereocenters. The predicted octanol–water partition coefficient (Wildman–Crippen LogP) is 18.5. The minimum atomic E-state index is 0.00634. The predicted molar refractivity (Wildman–Crippen MR) is 278 cm³/mol. The van der Waals surface area contributed by atoms with Crippen LogP contribution in [0.25, 0.3) is 0 Å². The van der Waals surface area contributed by atoms with Crippen LogP contribution in [0.4, 0.5) is 0 Å². The zero-order valence-electron chi connectivity index (χ0n) is 42.9. The van der Waals surface area contributed by atoms with Crippen molar-refractivity contribution in [2.24, 2.45) is 0 Å². The standard InChI is InChI=1S/C59H92O4/c1-44(2)24-15-25-45(3)26-16-27-46(4)28-17-29-47(5)30-18-31-48(6)32-19-33-49(7)34-20-35-50(8)36-21-37-51(9)38-22-39-52(10)40-23-41-53(11)42-43-55-54(12)56(60)58(62-13)59(63-14)57(55)61/h24,26,28,30,32,34,36,38,40,42,60-61H,15-23,25,27,29,31,33,35,37,39,41,43H2,1-14H3/b45-26+,46-28+,47-30-,48-32+,49-34-,50-36+,51-38+,52-40-,53-42-. The van der Waals surface area contributed by atoms with Crippen LogP contribution in [0.15, 0.2) is 116 Å². The molecule has 352 valence electrons. The van der Waals surface area contributed by atoms with E-state index in [1.807, 2.05) is 0 Å². The second-order valence-electron chi connectivity index (χ2n) is 18.7. The zero-order chi connectivity index (χ0) is 47.2. The number of allylic oxidation sites excluding steroid dienone is 20. The molecule has 0 saturated carbocycles. The fraction of sp³-hybridized carbons (Fsp3) is 0.559. The summed E-state index contributed by atoms with van der Waals surface area (Å²) in [7, 11) is 2.91. The molecule has 0 fully saturated rings. The molecule has 63 heavy (non-hydrogen) atoms. The average Bonchev–Trinajstić information content (AvgIpc) is 3.21. The van der Waals surface area contributed by atoms with Gasteiger partial charge in [-0.15, -0.1) is 0 Å². The highest BCUT2D eigenvalue weighted by molar-refractivity contribution is 5.66. The van der Waals surface area contributed by atoms with E-state index >= 15 is 0 Å². The Morgan fingerprint density at radius 1 is 0.349 bits per heavy atom. The number of benzene rings is 1. The van der Waals surface area contributed by atoms with Crippen LogP contribution in [0.5, 0.6) is 23.0 Å². The van der Waals surface area contributed by atoms with Crippen LogP contribution < -0.4 is 9.47 Å². The lowest BCUT2D eigenvalue weighted by molar-refractivity contribution is 0.314. The van der Waals surface area contributed by atoms with Gasteiger partial charge in [0.15, 0.2) is 11.5 Å². The number of aromatic hydroxyl groups is 2. The maximum atomic E-state index is 10.7. The number of methoxy groups -OCH3 is 2. The molecule has 0 aliphatic heterocycles. The van der Waals surface area contributed by atoms with E-state index in [2.05, 4.69) is 137 Å². The molecule has 2 N–H and O–H groups in total. The summed E-state index contributed by atoms with van der Waals surface area (Å²) in [6.45, 7) is 26.5. The lowest BCUT2D eigenvalue weighted by Crippen LogP contribution is -1.98. The van der Waals surface area contributed by atoms with Crippen LogP contribution in [-0.4, -0.2) is 24.4 Å². The normalized spacial score (nSPS) is 14.2. The minimum absolute atomic E-state index is 0.00634. The van der Waals surface area contributed by atoms with E-state index in [-0.39, 0.29) is 23.0 Å². The van der Waals surface area contributed by atoms with Crippen LogP contribution in [-0.2, 0) is 6.42 Å². The van der Waals surface area contributed by atoms with Gasteiger partial charge in [-0.25, -0.2) is 0 Å². The van der Waals surface area contributed by atoms with Crippen molar-refractivity contribution in [1.29, 1.82) is 0 Å². The summed E-state index contributed by atoms with van der Waals surface area (Å²) in [5.74, 6) is 0.356. The Kier molecular flexibility index (Phi) is 30.1. The highest BCUT2D eigenvalue weighted by Gasteiger charge is 2.22. The molecule has 0 aromatic heterocycles. The van der Waals surface area contributed by atoms with Crippen molar-refractivity contribution in [2.75, 3.05) is 14.2 Å². The summed E-state index contributed by atoms with van der Waals surface area (Å²) >= 11 is 0. The molecule has 0 spiro atoms. The zero-order valence-corrected chi connectivity index (χ0v) is 42.9. The Morgan fingerprint density at radius 2 is 0.571 bits per heavy atom. The van der Waals surface area contributed by atoms with Gasteiger partial charge >= 0.3 is 0 Å². The monoisotopic (exact) mass is 865 g/mol. The fourth-order valence-electron chi connectivity index (χ4n) is 7.62. The van der Waals surface area contributed by atoms with Gasteiger partial charge in [0.25, 0.3) is 0 Å². The minimum Gasteiger partial charge on any atom is -0.504 e. The van der Waals surface area contributed by atoms with E-state index in [1.165, 1.54) is 89.2 Å². The van der Waals surface area contributed by atoms with Gasteiger partial charge in [0.1, 0.15) is 0 Å². The van der Waals surface area contributed by atoms with E-state index in [4.69, 9.17) is 9.47 Å². The number of phenolic OH excluding ortho intramolecular Hbond substituents is 2. The molecule has 1 rings (SSSR count). The van der Waals surface area contributed by atoms with Crippen LogP contribution in [0.1, 0.15) is 203 Å². The lowest BCUT2D eigenvalue weighted by Gasteiger charge is -2.17. The molecule has 0 bridgehead atoms. The second kappa shape index (κ2) is 33.3. The van der Waals surface area contributed by atoms with Crippen LogP contribution in [0.2, 0.25) is 0 Å². The Labute approximate surface area is 388 Å². The first kappa shape index (κ1) is 56.8. The largest absolute Gasteiger partial charge is 0.504 e. The molecule has 0 aliphatic rings. The fourth-order valence-corrected chi connectivity index (χ4v) is 7.62. The molecule has 0 heterocycles. The molecule has 0 aliphatic carbocycles. The highest BCUT2D eigenvalue weighted by Crippen LogP contribution is 2.48. The van der Waals surface area contributed by atoms with Crippen molar-refractivity contribution in [3.05, 3.63) is 128 Å². The highest BCUT2D eigenvalue weighted by atomic mass is 16.5. The quantitative estimate of drug-likeness (QED) is 0.0577. The van der Waals surface area contributed by atoms with E-state index in [0.29, 0.717) is 17.5 Å². The topological polar surface area (TPSA) is 58.9 Å². The first-order chi connectivity index (χ1) is 30.0. The van der Waals surface area contributed by atoms with E-state index in [1.54, 1.807) is 6.92 Å². The molecule has 1 aromatic carbocycles. The summed E-state index contributed by atoms with van der Waals surface area (Å²) < 4.78 is 10.5. The van der Waals surface area contributed by atoms with Crippen molar-refractivity contribution in [3.8, 4) is 23.0 Å². The number of hydrogen-bond donors (Lipinski definition) is 2. The Balaban J connectivity index is 2.32. The van der Waals surface area contributed by atoms with E-state index in [9.17, 15) is 10.2 Å². The number of ether oxygens (including phenoxy) is 2. The van der Waals surface area contributed by atoms with Crippen LogP contribution in [0, 0.1) is 6.92 Å². The van der Waals surface area contributed by atoms with Gasteiger partial charge in [-0.05, 0) is 205 Å². The smallest absolute Gasteiger partial charge is 0.207 e. The van der Waals surface area contributed by atoms with E-state index < -0.39 is 0 Å². The summed E-state index contributed by atoms with van der Waals surface area (Å²) in [6, 6.07) is 0. The molecular formula is C59H92O4. The summed E-state index contributed by atoms with van der Waals surface area (Å²) in [4.78, 5) is 0. The van der Waals surface area contributed by atoms with Crippen molar-refractivity contribution in [1.82, 2.24) is 0 Å². The summed E-state index contributed by atoms with van der Waals surface area (Å²) in [5.41, 5.74) is 15.9. The molecular weight excluding hydrogens is 773 g/mol. The Hall–Kier alpha value is -4.18. The van der Waals surface area contributed by atoms with Crippen molar-refractivity contribution in [2.45, 2.75) is 205 Å². The van der Waals surface area contributed by atoms with Gasteiger partial charge in [-0.1, -0.05) is 116 Å². The van der Waals surface area contributed by atoms with Gasteiger partial charge < -0.3 is 19.7 Å². The number of rotatable bonds is 31. The molecule has 0 amide bonds. The first-order valence-electron chi connectivity index (χ1n) is 24.2. The van der Waals surface area contributed by atoms with Crippen molar-refractivity contribution in [3.63, 3.8) is 0 Å². The maximum Gasteiger partial charge on any atom is 0.207 e. The van der Waals surface area contributed by atoms with Gasteiger partial charge in [-0.3, -0.25) is 0 Å². The van der Waals surface area contributed by atoms with Gasteiger partial charge in [0, 0.05) is 11.1 Å². The van der Waals surface area contributed by atoms with Gasteiger partial charge in [-0.2, -0.15) is 0 Å². The Morgan fingerprint density at radius 3 is 0.810 bits per heavy atom. The Bertz CT molecular complexity index is 1840. The van der Waals surface area contributed by atoms with Crippen LogP contribution >= 0.6 is 0 Å². The third-order valence-electron chi connectivity index (χ3n) is 12.1. The molecule has 0 saturated heterocycles. The summed E-state index contributed by atoms with van der Waals surface area (Å²) in [6.07, 6.45) is 44.6. The SMILES string of the molecule is COc1c(O)c(C)c(C/C=C(/C)CC/C=C(/C)CC/C=C(\C)CC/C=C(\C)CC/C=C(/C)CC/C=C(\C)CC/C=C(/C)CC/C=C(\C)CC/C=C(\C)CCC=C(C)C)c(O)c1OC. The van der Waals surface area contributed by atoms with Crippen LogP contribution in [0.3, 0.4) is 0 Å². The lowest BCUT2D eigenvalue weighted by atomic mass is 9.99. The van der Waals surface area contributed by atoms with Crippen molar-refractivity contribution >= 4 is 0 Å². The van der Waals surface area contributed by atoms with Gasteiger partial charge in [0.05, 0.1) is 14.2 Å².